The number of fused-ring (bicyclic) bond motifs is 3. The van der Waals surface area contributed by atoms with E-state index in [1.165, 1.54) is 60.5 Å². The molecular formula is C43H38N2. The highest BCUT2D eigenvalue weighted by atomic mass is 15.0. The van der Waals surface area contributed by atoms with Gasteiger partial charge in [-0.15, -0.1) is 0 Å². The van der Waals surface area contributed by atoms with E-state index in [4.69, 9.17) is 0 Å². The minimum absolute atomic E-state index is 0.501. The number of hydrogen-bond donors (Lipinski definition) is 2. The van der Waals surface area contributed by atoms with Gasteiger partial charge >= 0.3 is 0 Å². The largest absolute Gasteiger partial charge is 0.353 e. The molecule has 0 aliphatic rings. The summed E-state index contributed by atoms with van der Waals surface area (Å²) in [5.41, 5.74) is 13.0. The Morgan fingerprint density at radius 1 is 0.422 bits per heavy atom. The monoisotopic (exact) mass is 582 g/mol. The lowest BCUT2D eigenvalue weighted by molar-refractivity contribution is 0.867. The van der Waals surface area contributed by atoms with E-state index in [1.807, 2.05) is 0 Å². The zero-order valence-electron chi connectivity index (χ0n) is 26.4. The number of benzene rings is 7. The Balaban J connectivity index is 1.50. The second kappa shape index (κ2) is 12.0. The van der Waals surface area contributed by atoms with Gasteiger partial charge in [0.2, 0.25) is 0 Å². The maximum absolute atomic E-state index is 3.85. The van der Waals surface area contributed by atoms with Crippen LogP contribution in [-0.2, 0) is 0 Å². The zero-order valence-corrected chi connectivity index (χ0v) is 26.4. The van der Waals surface area contributed by atoms with Crippen LogP contribution in [0.1, 0.15) is 36.5 Å². The van der Waals surface area contributed by atoms with Gasteiger partial charge in [0, 0.05) is 22.1 Å². The normalized spacial score (nSPS) is 11.3. The van der Waals surface area contributed by atoms with Gasteiger partial charge in [0.15, 0.2) is 0 Å². The first kappa shape index (κ1) is 28.4. The van der Waals surface area contributed by atoms with Crippen molar-refractivity contribution in [1.29, 1.82) is 0 Å². The number of hydrogen-bond acceptors (Lipinski definition) is 2. The summed E-state index contributed by atoms with van der Waals surface area (Å²) < 4.78 is 0. The van der Waals surface area contributed by atoms with E-state index >= 15 is 0 Å². The molecule has 0 amide bonds. The van der Waals surface area contributed by atoms with E-state index in [2.05, 4.69) is 178 Å². The topological polar surface area (TPSA) is 24.1 Å². The smallest absolute Gasteiger partial charge is 0.0710 e. The molecule has 45 heavy (non-hydrogen) atoms. The van der Waals surface area contributed by atoms with Crippen molar-refractivity contribution in [2.75, 3.05) is 10.6 Å². The summed E-state index contributed by atoms with van der Waals surface area (Å²) in [4.78, 5) is 0. The van der Waals surface area contributed by atoms with E-state index in [1.54, 1.807) is 0 Å². The maximum atomic E-state index is 3.85. The summed E-state index contributed by atoms with van der Waals surface area (Å²) in [6, 6.07) is 50.6. The van der Waals surface area contributed by atoms with Crippen molar-refractivity contribution in [3.05, 3.63) is 156 Å². The molecule has 0 bridgehead atoms. The Hall–Kier alpha value is -5.34. The second-order valence-electron chi connectivity index (χ2n) is 12.3. The molecule has 7 aromatic rings. The van der Waals surface area contributed by atoms with Crippen LogP contribution in [0.5, 0.6) is 0 Å². The molecule has 0 fully saturated rings. The van der Waals surface area contributed by atoms with Crippen molar-refractivity contribution in [2.24, 2.45) is 0 Å². The van der Waals surface area contributed by atoms with Gasteiger partial charge in [-0.05, 0) is 82.6 Å². The summed E-state index contributed by atoms with van der Waals surface area (Å²) in [5.74, 6) is 0.501. The van der Waals surface area contributed by atoms with Crippen LogP contribution in [0.2, 0.25) is 0 Å². The molecule has 2 nitrogen and oxygen atoms in total. The third-order valence-corrected chi connectivity index (χ3v) is 8.80. The molecule has 7 rings (SSSR count). The summed E-state index contributed by atoms with van der Waals surface area (Å²) in [6.07, 6.45) is 0. The Bertz CT molecular complexity index is 2120. The lowest BCUT2D eigenvalue weighted by Gasteiger charge is -2.22. The van der Waals surface area contributed by atoms with Crippen molar-refractivity contribution in [2.45, 2.75) is 33.6 Å². The molecule has 0 radical (unpaired) electrons. The van der Waals surface area contributed by atoms with Gasteiger partial charge in [-0.1, -0.05) is 140 Å². The molecule has 2 N–H and O–H groups in total. The molecule has 2 heteroatoms. The average molecular weight is 583 g/mol. The Kier molecular flexibility index (Phi) is 7.57. The molecule has 0 saturated heterocycles. The summed E-state index contributed by atoms with van der Waals surface area (Å²) in [7, 11) is 0. The fourth-order valence-electron chi connectivity index (χ4n) is 6.30. The van der Waals surface area contributed by atoms with E-state index < -0.39 is 0 Å². The predicted octanol–water partition coefficient (Wildman–Crippen LogP) is 12.6. The SMILES string of the molecule is Cc1ccc(Nc2c(Nc3ccc(C)cc3)c3cccc(-c4ccccc4-c4ccc(C(C)C)cc4)c3c3ccccc23)cc1. The zero-order chi connectivity index (χ0) is 30.9. The van der Waals surface area contributed by atoms with Gasteiger partial charge in [0.25, 0.3) is 0 Å². The average Bonchev–Trinajstić information content (AvgIpc) is 3.07. The first-order chi connectivity index (χ1) is 22.0. The lowest BCUT2D eigenvalue weighted by Crippen LogP contribution is -2.01. The van der Waals surface area contributed by atoms with Gasteiger partial charge in [0.05, 0.1) is 11.4 Å². The number of aryl methyl sites for hydroxylation is 2. The van der Waals surface area contributed by atoms with Gasteiger partial charge in [-0.3, -0.25) is 0 Å². The van der Waals surface area contributed by atoms with Crippen LogP contribution in [-0.4, -0.2) is 0 Å². The quantitative estimate of drug-likeness (QED) is 0.144. The Labute approximate surface area is 266 Å². The van der Waals surface area contributed by atoms with E-state index in [0.29, 0.717) is 5.92 Å². The highest BCUT2D eigenvalue weighted by Crippen LogP contribution is 2.47. The standard InChI is InChI=1S/C43H38N2/c1-28(2)31-20-22-32(23-21-31)35-10-5-6-11-36(35)37-14-9-15-40-41(37)38-12-7-8-13-39(38)42(44-33-24-16-29(3)17-25-33)43(40)45-34-26-18-30(4)19-27-34/h5-28,44-45H,1-4H3. The number of rotatable bonds is 7. The molecular weight excluding hydrogens is 544 g/mol. The van der Waals surface area contributed by atoms with Gasteiger partial charge in [-0.2, -0.15) is 0 Å². The first-order valence-corrected chi connectivity index (χ1v) is 15.8. The van der Waals surface area contributed by atoms with Crippen molar-refractivity contribution >= 4 is 44.3 Å². The predicted molar refractivity (Wildman–Crippen MR) is 195 cm³/mol. The number of anilines is 4. The van der Waals surface area contributed by atoms with Crippen molar-refractivity contribution in [3.63, 3.8) is 0 Å². The molecule has 7 aromatic carbocycles. The van der Waals surface area contributed by atoms with Crippen LogP contribution in [0.15, 0.2) is 140 Å². The third-order valence-electron chi connectivity index (χ3n) is 8.80. The summed E-state index contributed by atoms with van der Waals surface area (Å²) >= 11 is 0. The molecule has 0 aromatic heterocycles. The molecule has 0 spiro atoms. The number of nitrogens with one attached hydrogen (secondary N) is 2. The van der Waals surface area contributed by atoms with Crippen LogP contribution >= 0.6 is 0 Å². The Morgan fingerprint density at radius 3 is 1.51 bits per heavy atom. The fraction of sp³-hybridized carbons (Fsp3) is 0.116. The van der Waals surface area contributed by atoms with Crippen LogP contribution < -0.4 is 10.6 Å². The van der Waals surface area contributed by atoms with Crippen LogP contribution in [0.25, 0.3) is 43.8 Å². The van der Waals surface area contributed by atoms with Gasteiger partial charge < -0.3 is 10.6 Å². The van der Waals surface area contributed by atoms with Crippen molar-refractivity contribution in [1.82, 2.24) is 0 Å². The van der Waals surface area contributed by atoms with Crippen molar-refractivity contribution in [3.8, 4) is 22.3 Å². The van der Waals surface area contributed by atoms with Crippen molar-refractivity contribution < 1.29 is 0 Å². The van der Waals surface area contributed by atoms with E-state index in [0.717, 1.165) is 22.7 Å². The first-order valence-electron chi connectivity index (χ1n) is 15.8. The van der Waals surface area contributed by atoms with Crippen LogP contribution in [0.4, 0.5) is 22.7 Å². The maximum Gasteiger partial charge on any atom is 0.0710 e. The van der Waals surface area contributed by atoms with Gasteiger partial charge in [0.1, 0.15) is 0 Å². The highest BCUT2D eigenvalue weighted by Gasteiger charge is 2.19. The molecule has 0 aliphatic heterocycles. The lowest BCUT2D eigenvalue weighted by atomic mass is 9.87. The van der Waals surface area contributed by atoms with Gasteiger partial charge in [-0.25, -0.2) is 0 Å². The van der Waals surface area contributed by atoms with Crippen LogP contribution in [0.3, 0.4) is 0 Å². The minimum Gasteiger partial charge on any atom is -0.353 e. The molecule has 220 valence electrons. The molecule has 0 atom stereocenters. The Morgan fingerprint density at radius 2 is 0.911 bits per heavy atom. The molecule has 0 aliphatic carbocycles. The molecule has 0 heterocycles. The third kappa shape index (κ3) is 5.56. The van der Waals surface area contributed by atoms with Crippen LogP contribution in [0, 0.1) is 13.8 Å². The second-order valence-corrected chi connectivity index (χ2v) is 12.3. The highest BCUT2D eigenvalue weighted by molar-refractivity contribution is 6.25. The summed E-state index contributed by atoms with van der Waals surface area (Å²) in [6.45, 7) is 8.74. The molecule has 0 unspecified atom stereocenters. The fourth-order valence-corrected chi connectivity index (χ4v) is 6.30. The summed E-state index contributed by atoms with van der Waals surface area (Å²) in [5, 5.41) is 12.5. The molecule has 0 saturated carbocycles. The minimum atomic E-state index is 0.501. The van der Waals surface area contributed by atoms with E-state index in [9.17, 15) is 0 Å². The van der Waals surface area contributed by atoms with E-state index in [-0.39, 0.29) is 0 Å².